The Morgan fingerprint density at radius 1 is 1.38 bits per heavy atom. The average molecular weight is 233 g/mol. The predicted molar refractivity (Wildman–Crippen MR) is 50.9 cm³/mol. The Morgan fingerprint density at radius 2 is 1.94 bits per heavy atom. The summed E-state index contributed by atoms with van der Waals surface area (Å²) in [5.41, 5.74) is 3.92. The van der Waals surface area contributed by atoms with Gasteiger partial charge in [-0.1, -0.05) is 18.2 Å². The van der Waals surface area contributed by atoms with Gasteiger partial charge in [0.05, 0.1) is 11.5 Å². The number of alkyl halides is 3. The smallest absolute Gasteiger partial charge is 0.416 e. The van der Waals surface area contributed by atoms with Gasteiger partial charge in [0, 0.05) is 6.54 Å². The molecule has 0 aliphatic carbocycles. The number of benzene rings is 1. The first-order valence-corrected chi connectivity index (χ1v) is 4.47. The number of halogens is 3. The van der Waals surface area contributed by atoms with Crippen molar-refractivity contribution < 1.29 is 23.1 Å². The molecule has 0 heterocycles. The largest absolute Gasteiger partial charge is 0.481 e. The van der Waals surface area contributed by atoms with E-state index in [-0.39, 0.29) is 12.1 Å². The molecule has 0 amide bonds. The lowest BCUT2D eigenvalue weighted by Crippen LogP contribution is -2.24. The minimum absolute atomic E-state index is 0.301. The minimum atomic E-state index is -4.57. The van der Waals surface area contributed by atoms with Gasteiger partial charge in [-0.2, -0.15) is 13.2 Å². The summed E-state index contributed by atoms with van der Waals surface area (Å²) >= 11 is 0. The molecule has 0 bridgehead atoms. The Balaban J connectivity index is 3.27. The Hall–Kier alpha value is -1.56. The van der Waals surface area contributed by atoms with E-state index in [0.717, 1.165) is 12.1 Å². The second kappa shape index (κ2) is 4.52. The molecule has 3 nitrogen and oxygen atoms in total. The molecule has 0 aromatic heterocycles. The van der Waals surface area contributed by atoms with Gasteiger partial charge in [-0.05, 0) is 11.6 Å². The number of carboxylic acid groups (broad SMARTS) is 1. The molecule has 1 rings (SSSR count). The molecule has 0 saturated heterocycles. The quantitative estimate of drug-likeness (QED) is 0.837. The molecular formula is C10H10F3NO2. The molecule has 0 aliphatic heterocycles. The van der Waals surface area contributed by atoms with Crippen molar-refractivity contribution in [3.05, 3.63) is 35.4 Å². The lowest BCUT2D eigenvalue weighted by molar-refractivity contribution is -0.141. The summed E-state index contributed by atoms with van der Waals surface area (Å²) in [4.78, 5) is 10.8. The summed E-state index contributed by atoms with van der Waals surface area (Å²) in [5.74, 6) is -2.70. The van der Waals surface area contributed by atoms with E-state index in [1.165, 1.54) is 12.1 Å². The highest BCUT2D eigenvalue weighted by Crippen LogP contribution is 2.34. The van der Waals surface area contributed by atoms with E-state index in [9.17, 15) is 18.0 Å². The van der Waals surface area contributed by atoms with Crippen LogP contribution in [0.3, 0.4) is 0 Å². The summed E-state index contributed by atoms with van der Waals surface area (Å²) in [6.45, 7) is -0.373. The first-order valence-electron chi connectivity index (χ1n) is 4.47. The van der Waals surface area contributed by atoms with Crippen molar-refractivity contribution >= 4 is 5.97 Å². The van der Waals surface area contributed by atoms with Gasteiger partial charge < -0.3 is 10.8 Å². The van der Waals surface area contributed by atoms with Crippen LogP contribution < -0.4 is 5.73 Å². The van der Waals surface area contributed by atoms with Crippen LogP contribution in [-0.4, -0.2) is 17.6 Å². The number of carboxylic acids is 1. The Labute approximate surface area is 89.7 Å². The normalized spacial score (nSPS) is 13.5. The molecule has 0 fully saturated rings. The zero-order valence-electron chi connectivity index (χ0n) is 8.16. The average Bonchev–Trinajstić information content (AvgIpc) is 2.17. The molecule has 0 aliphatic rings. The number of hydrogen-bond donors (Lipinski definition) is 2. The van der Waals surface area contributed by atoms with E-state index >= 15 is 0 Å². The fourth-order valence-electron chi connectivity index (χ4n) is 1.42. The van der Waals surface area contributed by atoms with Crippen molar-refractivity contribution in [1.82, 2.24) is 0 Å². The van der Waals surface area contributed by atoms with Crippen molar-refractivity contribution in [2.24, 2.45) is 5.73 Å². The van der Waals surface area contributed by atoms with Crippen LogP contribution in [0.15, 0.2) is 24.3 Å². The van der Waals surface area contributed by atoms with Crippen molar-refractivity contribution in [2.45, 2.75) is 12.1 Å². The van der Waals surface area contributed by atoms with Gasteiger partial charge >= 0.3 is 12.1 Å². The second-order valence-corrected chi connectivity index (χ2v) is 3.21. The van der Waals surface area contributed by atoms with Crippen LogP contribution in [-0.2, 0) is 11.0 Å². The maximum absolute atomic E-state index is 12.6. The molecule has 16 heavy (non-hydrogen) atoms. The van der Waals surface area contributed by atoms with E-state index < -0.39 is 23.6 Å². The highest BCUT2D eigenvalue weighted by molar-refractivity contribution is 5.77. The van der Waals surface area contributed by atoms with Crippen LogP contribution in [0, 0.1) is 0 Å². The zero-order chi connectivity index (χ0) is 12.3. The van der Waals surface area contributed by atoms with Crippen LogP contribution in [0.25, 0.3) is 0 Å². The zero-order valence-corrected chi connectivity index (χ0v) is 8.16. The third kappa shape index (κ3) is 2.52. The predicted octanol–water partition coefficient (Wildman–Crippen LogP) is 1.83. The van der Waals surface area contributed by atoms with E-state index in [0.29, 0.717) is 0 Å². The van der Waals surface area contributed by atoms with Crippen molar-refractivity contribution in [1.29, 1.82) is 0 Å². The van der Waals surface area contributed by atoms with Crippen LogP contribution in [0.1, 0.15) is 17.0 Å². The van der Waals surface area contributed by atoms with E-state index in [4.69, 9.17) is 10.8 Å². The summed E-state index contributed by atoms with van der Waals surface area (Å²) in [5, 5.41) is 8.77. The summed E-state index contributed by atoms with van der Waals surface area (Å²) in [6, 6.07) is 4.55. The lowest BCUT2D eigenvalue weighted by atomic mass is 9.94. The van der Waals surface area contributed by atoms with Crippen molar-refractivity contribution in [3.63, 3.8) is 0 Å². The molecule has 1 aromatic carbocycles. The topological polar surface area (TPSA) is 63.3 Å². The first-order chi connectivity index (χ1) is 7.38. The molecule has 1 atom stereocenters. The van der Waals surface area contributed by atoms with Gasteiger partial charge in [0.25, 0.3) is 0 Å². The molecule has 88 valence electrons. The summed E-state index contributed by atoms with van der Waals surface area (Å²) < 4.78 is 37.7. The minimum Gasteiger partial charge on any atom is -0.481 e. The Bertz CT molecular complexity index is 390. The molecule has 1 unspecified atom stereocenters. The fourth-order valence-corrected chi connectivity index (χ4v) is 1.42. The number of carbonyl (C=O) groups is 1. The van der Waals surface area contributed by atoms with Crippen molar-refractivity contribution in [3.8, 4) is 0 Å². The van der Waals surface area contributed by atoms with Gasteiger partial charge in [0.15, 0.2) is 0 Å². The van der Waals surface area contributed by atoms with Crippen LogP contribution >= 0.6 is 0 Å². The van der Waals surface area contributed by atoms with Crippen molar-refractivity contribution in [2.75, 3.05) is 6.54 Å². The second-order valence-electron chi connectivity index (χ2n) is 3.21. The first kappa shape index (κ1) is 12.5. The number of hydrogen-bond acceptors (Lipinski definition) is 2. The molecule has 0 spiro atoms. The fraction of sp³-hybridized carbons (Fsp3) is 0.300. The van der Waals surface area contributed by atoms with Crippen LogP contribution in [0.5, 0.6) is 0 Å². The highest BCUT2D eigenvalue weighted by atomic mass is 19.4. The number of rotatable bonds is 3. The van der Waals surface area contributed by atoms with Gasteiger partial charge in [-0.3, -0.25) is 4.79 Å². The summed E-state index contributed by atoms with van der Waals surface area (Å²) in [7, 11) is 0. The van der Waals surface area contributed by atoms with E-state index in [2.05, 4.69) is 0 Å². The third-order valence-corrected chi connectivity index (χ3v) is 2.18. The van der Waals surface area contributed by atoms with E-state index in [1.807, 2.05) is 0 Å². The van der Waals surface area contributed by atoms with Crippen LogP contribution in [0.4, 0.5) is 13.2 Å². The van der Waals surface area contributed by atoms with E-state index in [1.54, 1.807) is 0 Å². The van der Waals surface area contributed by atoms with Gasteiger partial charge in [0.2, 0.25) is 0 Å². The standard InChI is InChI=1S/C10H10F3NO2/c11-10(12,13)8-4-2-1-3-6(8)7(5-14)9(15)16/h1-4,7H,5,14H2,(H,15,16). The molecule has 0 saturated carbocycles. The maximum atomic E-state index is 12.6. The summed E-state index contributed by atoms with van der Waals surface area (Å²) in [6.07, 6.45) is -4.57. The van der Waals surface area contributed by atoms with Gasteiger partial charge in [0.1, 0.15) is 0 Å². The maximum Gasteiger partial charge on any atom is 0.416 e. The molecular weight excluding hydrogens is 223 g/mol. The molecule has 3 N–H and O–H groups in total. The lowest BCUT2D eigenvalue weighted by Gasteiger charge is -2.16. The Morgan fingerprint density at radius 3 is 2.38 bits per heavy atom. The molecule has 0 radical (unpaired) electrons. The van der Waals surface area contributed by atoms with Gasteiger partial charge in [-0.25, -0.2) is 0 Å². The number of nitrogens with two attached hydrogens (primary N) is 1. The molecule has 1 aromatic rings. The Kier molecular flexibility index (Phi) is 3.54. The highest BCUT2D eigenvalue weighted by Gasteiger charge is 2.36. The SMILES string of the molecule is NCC(C(=O)O)c1ccccc1C(F)(F)F. The van der Waals surface area contributed by atoms with Gasteiger partial charge in [-0.15, -0.1) is 0 Å². The van der Waals surface area contributed by atoms with Crippen LogP contribution in [0.2, 0.25) is 0 Å². The monoisotopic (exact) mass is 233 g/mol. The third-order valence-electron chi connectivity index (χ3n) is 2.18. The molecule has 6 heteroatoms. The number of aliphatic carboxylic acids is 1.